The maximum absolute atomic E-state index is 11.8. The van der Waals surface area contributed by atoms with E-state index >= 15 is 0 Å². The average Bonchev–Trinajstić information content (AvgIpc) is 2.37. The highest BCUT2D eigenvalue weighted by atomic mass is 32.2. The van der Waals surface area contributed by atoms with Crippen molar-refractivity contribution < 1.29 is 4.79 Å². The van der Waals surface area contributed by atoms with E-state index in [1.54, 1.807) is 0 Å². The van der Waals surface area contributed by atoms with Crippen molar-refractivity contribution in [1.82, 2.24) is 13.7 Å². The van der Waals surface area contributed by atoms with Crippen LogP contribution in [0, 0.1) is 0 Å². The van der Waals surface area contributed by atoms with E-state index in [0.717, 1.165) is 13.7 Å². The van der Waals surface area contributed by atoms with Gasteiger partial charge in [0.2, 0.25) is 5.91 Å². The summed E-state index contributed by atoms with van der Waals surface area (Å²) in [4.78, 5) is 45.5. The van der Waals surface area contributed by atoms with E-state index in [1.165, 1.54) is 25.9 Å². The molecule has 0 saturated carbocycles. The lowest BCUT2D eigenvalue weighted by Crippen LogP contribution is -2.52. The molecule has 2 N–H and O–H groups in total. The zero-order valence-electron chi connectivity index (χ0n) is 10.8. The molecule has 1 amide bonds. The molecule has 0 aliphatic carbocycles. The summed E-state index contributed by atoms with van der Waals surface area (Å²) in [6, 6.07) is 0. The molecule has 0 saturated heterocycles. The molecule has 1 heterocycles. The minimum absolute atomic E-state index is 0.200. The Balaban J connectivity index is 2.80. The molecule has 1 aromatic rings. The second-order valence-electron chi connectivity index (χ2n) is 3.99. The van der Waals surface area contributed by atoms with Gasteiger partial charge in [-0.15, -0.1) is 0 Å². The van der Waals surface area contributed by atoms with E-state index in [1.807, 2.05) is 0 Å². The normalized spacial score (nSPS) is 10.6. The number of primary amides is 1. The lowest BCUT2D eigenvalue weighted by molar-refractivity contribution is -0.115. The number of hydrogen-bond donors (Lipinski definition) is 1. The predicted molar refractivity (Wildman–Crippen MR) is 72.3 cm³/mol. The molecule has 0 atom stereocenters. The monoisotopic (exact) mass is 288 g/mol. The Bertz CT molecular complexity index is 602. The third kappa shape index (κ3) is 3.60. The Hall–Kier alpha value is -1.77. The SMILES string of the molecule is Cn1c(=O)n(C)c(=O)n(CCCSCC(N)=O)c1=O. The molecule has 0 aromatic carbocycles. The van der Waals surface area contributed by atoms with Crippen molar-refractivity contribution >= 4 is 17.7 Å². The van der Waals surface area contributed by atoms with Gasteiger partial charge < -0.3 is 5.73 Å². The molecule has 19 heavy (non-hydrogen) atoms. The van der Waals surface area contributed by atoms with Crippen molar-refractivity contribution in [3.05, 3.63) is 31.5 Å². The molecule has 106 valence electrons. The highest BCUT2D eigenvalue weighted by molar-refractivity contribution is 7.99. The Labute approximate surface area is 112 Å². The van der Waals surface area contributed by atoms with Crippen LogP contribution in [0.1, 0.15) is 6.42 Å². The van der Waals surface area contributed by atoms with E-state index in [4.69, 9.17) is 5.73 Å². The first-order valence-corrected chi connectivity index (χ1v) is 6.74. The van der Waals surface area contributed by atoms with Gasteiger partial charge in [0.15, 0.2) is 0 Å². The van der Waals surface area contributed by atoms with Crippen molar-refractivity contribution in [3.8, 4) is 0 Å². The van der Waals surface area contributed by atoms with Crippen molar-refractivity contribution in [2.24, 2.45) is 19.8 Å². The van der Waals surface area contributed by atoms with Gasteiger partial charge in [0, 0.05) is 20.6 Å². The Kier molecular flexibility index (Phi) is 5.16. The second-order valence-corrected chi connectivity index (χ2v) is 5.10. The molecule has 1 rings (SSSR count). The van der Waals surface area contributed by atoms with Crippen LogP contribution < -0.4 is 22.8 Å². The maximum atomic E-state index is 11.8. The van der Waals surface area contributed by atoms with Crippen LogP contribution in [0.3, 0.4) is 0 Å². The van der Waals surface area contributed by atoms with Crippen LogP contribution in [0.4, 0.5) is 0 Å². The molecule has 0 aliphatic heterocycles. The number of nitrogens with two attached hydrogens (primary N) is 1. The molecule has 8 nitrogen and oxygen atoms in total. The molecule has 0 aliphatic rings. The number of nitrogens with zero attached hydrogens (tertiary/aromatic N) is 3. The quantitative estimate of drug-likeness (QED) is 0.600. The molecule has 0 radical (unpaired) electrons. The minimum Gasteiger partial charge on any atom is -0.369 e. The van der Waals surface area contributed by atoms with Crippen LogP contribution in [0.15, 0.2) is 14.4 Å². The fraction of sp³-hybridized carbons (Fsp3) is 0.600. The van der Waals surface area contributed by atoms with Crippen molar-refractivity contribution in [2.75, 3.05) is 11.5 Å². The summed E-state index contributed by atoms with van der Waals surface area (Å²) in [5, 5.41) is 0. The standard InChI is InChI=1S/C10H16N4O4S/c1-12-8(16)13(2)10(18)14(9(12)17)4-3-5-19-6-7(11)15/h3-6H2,1-2H3,(H2,11,15). The first-order chi connectivity index (χ1) is 8.86. The first kappa shape index (κ1) is 15.3. The molecule has 0 spiro atoms. The van der Waals surface area contributed by atoms with Gasteiger partial charge in [-0.05, 0) is 12.2 Å². The Morgan fingerprint density at radius 1 is 1.11 bits per heavy atom. The number of amides is 1. The lowest BCUT2D eigenvalue weighted by atomic mass is 10.5. The van der Waals surface area contributed by atoms with Gasteiger partial charge in [-0.3, -0.25) is 4.79 Å². The summed E-state index contributed by atoms with van der Waals surface area (Å²) in [5.74, 6) is 0.404. The Morgan fingerprint density at radius 3 is 2.11 bits per heavy atom. The van der Waals surface area contributed by atoms with Gasteiger partial charge in [-0.1, -0.05) is 0 Å². The van der Waals surface area contributed by atoms with Gasteiger partial charge in [0.25, 0.3) is 0 Å². The average molecular weight is 288 g/mol. The minimum atomic E-state index is -0.644. The number of rotatable bonds is 6. The summed E-state index contributed by atoms with van der Waals surface area (Å²) < 4.78 is 2.78. The van der Waals surface area contributed by atoms with Crippen LogP contribution >= 0.6 is 11.8 Å². The lowest BCUT2D eigenvalue weighted by Gasteiger charge is -2.08. The number of hydrogen-bond acceptors (Lipinski definition) is 5. The van der Waals surface area contributed by atoms with Crippen molar-refractivity contribution in [3.63, 3.8) is 0 Å². The zero-order valence-corrected chi connectivity index (χ0v) is 11.6. The number of carbonyl (C=O) groups is 1. The molecule has 0 unspecified atom stereocenters. The van der Waals surface area contributed by atoms with Crippen molar-refractivity contribution in [1.29, 1.82) is 0 Å². The van der Waals surface area contributed by atoms with E-state index in [0.29, 0.717) is 12.2 Å². The van der Waals surface area contributed by atoms with Crippen molar-refractivity contribution in [2.45, 2.75) is 13.0 Å². The highest BCUT2D eigenvalue weighted by Crippen LogP contribution is 2.01. The zero-order chi connectivity index (χ0) is 14.6. The smallest absolute Gasteiger partial charge is 0.336 e. The fourth-order valence-electron chi connectivity index (χ4n) is 1.52. The van der Waals surface area contributed by atoms with E-state index in [9.17, 15) is 19.2 Å². The Morgan fingerprint density at radius 2 is 1.63 bits per heavy atom. The third-order valence-corrected chi connectivity index (χ3v) is 3.59. The number of aromatic nitrogens is 3. The first-order valence-electron chi connectivity index (χ1n) is 5.59. The molecule has 0 fully saturated rings. The largest absolute Gasteiger partial charge is 0.369 e. The molecular formula is C10H16N4O4S. The molecular weight excluding hydrogens is 272 g/mol. The highest BCUT2D eigenvalue weighted by Gasteiger charge is 2.09. The maximum Gasteiger partial charge on any atom is 0.336 e. The molecule has 0 bridgehead atoms. The van der Waals surface area contributed by atoms with Gasteiger partial charge in [0.05, 0.1) is 5.75 Å². The van der Waals surface area contributed by atoms with Crippen LogP contribution in [-0.2, 0) is 25.4 Å². The summed E-state index contributed by atoms with van der Waals surface area (Å²) >= 11 is 1.34. The summed E-state index contributed by atoms with van der Waals surface area (Å²) in [6.45, 7) is 0.200. The second kappa shape index (κ2) is 6.41. The fourth-order valence-corrected chi connectivity index (χ4v) is 2.20. The van der Waals surface area contributed by atoms with E-state index in [-0.39, 0.29) is 12.3 Å². The van der Waals surface area contributed by atoms with Crippen LogP contribution in [-0.4, -0.2) is 31.1 Å². The number of carbonyl (C=O) groups excluding carboxylic acids is 1. The summed E-state index contributed by atoms with van der Waals surface area (Å²) in [6.07, 6.45) is 0.533. The third-order valence-electron chi connectivity index (χ3n) is 2.52. The van der Waals surface area contributed by atoms with E-state index in [2.05, 4.69) is 0 Å². The summed E-state index contributed by atoms with van der Waals surface area (Å²) in [5.41, 5.74) is 3.08. The van der Waals surface area contributed by atoms with Crippen LogP contribution in [0.5, 0.6) is 0 Å². The topological polar surface area (TPSA) is 109 Å². The van der Waals surface area contributed by atoms with E-state index < -0.39 is 23.0 Å². The molecule has 1 aromatic heterocycles. The van der Waals surface area contributed by atoms with Gasteiger partial charge >= 0.3 is 17.1 Å². The van der Waals surface area contributed by atoms with Crippen LogP contribution in [0.2, 0.25) is 0 Å². The number of thioether (sulfide) groups is 1. The molecule has 9 heteroatoms. The van der Waals surface area contributed by atoms with Gasteiger partial charge in [0.1, 0.15) is 0 Å². The summed E-state index contributed by atoms with van der Waals surface area (Å²) in [7, 11) is 2.64. The van der Waals surface area contributed by atoms with Crippen LogP contribution in [0.25, 0.3) is 0 Å². The van der Waals surface area contributed by atoms with Gasteiger partial charge in [-0.2, -0.15) is 11.8 Å². The van der Waals surface area contributed by atoms with Gasteiger partial charge in [-0.25, -0.2) is 28.1 Å². The predicted octanol–water partition coefficient (Wildman–Crippen LogP) is -2.15.